The Morgan fingerprint density at radius 2 is 2.03 bits per heavy atom. The van der Waals surface area contributed by atoms with Gasteiger partial charge in [0.25, 0.3) is 0 Å². The van der Waals surface area contributed by atoms with E-state index in [0.29, 0.717) is 6.04 Å². The molecule has 0 radical (unpaired) electrons. The van der Waals surface area contributed by atoms with Crippen LogP contribution in [0, 0.1) is 0 Å². The maximum atomic E-state index is 13.3. The smallest absolute Gasteiger partial charge is 0.235 e. The fourth-order valence-corrected chi connectivity index (χ4v) is 5.83. The van der Waals surface area contributed by atoms with Gasteiger partial charge in [-0.3, -0.25) is 20.3 Å². The molecule has 1 amide bonds. The lowest BCUT2D eigenvalue weighted by Gasteiger charge is -2.45. The predicted octanol–water partition coefficient (Wildman–Crippen LogP) is 0.474. The lowest BCUT2D eigenvalue weighted by Crippen LogP contribution is -2.71. The zero-order valence-electron chi connectivity index (χ0n) is 17.1. The van der Waals surface area contributed by atoms with Crippen molar-refractivity contribution in [2.45, 2.75) is 56.1 Å². The molecule has 30 heavy (non-hydrogen) atoms. The number of amides is 1. The Morgan fingerprint density at radius 3 is 2.80 bits per heavy atom. The Kier molecular flexibility index (Phi) is 5.99. The minimum absolute atomic E-state index is 0.0361. The highest BCUT2D eigenvalue weighted by atomic mass is 32.1. The molecule has 0 spiro atoms. The molecule has 3 unspecified atom stereocenters. The number of hydrogen-bond acceptors (Lipinski definition) is 8. The van der Waals surface area contributed by atoms with Crippen molar-refractivity contribution in [2.24, 2.45) is 5.73 Å². The number of carbonyl (C=O) groups excluding carboxylic acids is 1. The largest absolute Gasteiger partial charge is 0.328 e. The molecule has 1 aromatic heterocycles. The van der Waals surface area contributed by atoms with Gasteiger partial charge in [-0.2, -0.15) is 0 Å². The molecule has 2 aromatic rings. The minimum Gasteiger partial charge on any atom is -0.328 e. The summed E-state index contributed by atoms with van der Waals surface area (Å²) in [5, 5.41) is 15.0. The maximum absolute atomic E-state index is 13.3. The second kappa shape index (κ2) is 8.86. The van der Waals surface area contributed by atoms with E-state index in [4.69, 9.17) is 10.7 Å². The zero-order chi connectivity index (χ0) is 20.5. The van der Waals surface area contributed by atoms with Crippen molar-refractivity contribution in [3.63, 3.8) is 0 Å². The second-order valence-corrected chi connectivity index (χ2v) is 9.70. The topological polar surface area (TPSA) is 107 Å². The number of benzene rings is 1. The molecule has 0 bridgehead atoms. The average Bonchev–Trinajstić information content (AvgIpc) is 3.18. The third-order valence-electron chi connectivity index (χ3n) is 6.46. The summed E-state index contributed by atoms with van der Waals surface area (Å²) in [6, 6.07) is 8.69. The highest BCUT2D eigenvalue weighted by Gasteiger charge is 2.42. The van der Waals surface area contributed by atoms with Crippen LogP contribution in [0.25, 0.3) is 10.2 Å². The summed E-state index contributed by atoms with van der Waals surface area (Å²) >= 11 is 1.61. The fraction of sp³-hybridized carbons (Fsp3) is 0.619. The van der Waals surface area contributed by atoms with Gasteiger partial charge in [0.1, 0.15) is 17.2 Å². The van der Waals surface area contributed by atoms with E-state index in [0.717, 1.165) is 67.1 Å². The summed E-state index contributed by atoms with van der Waals surface area (Å²) in [5.41, 5.74) is 7.03. The summed E-state index contributed by atoms with van der Waals surface area (Å²) < 4.78 is 1.12. The summed E-state index contributed by atoms with van der Waals surface area (Å²) in [6.45, 7) is 3.77. The van der Waals surface area contributed by atoms with Crippen molar-refractivity contribution in [1.82, 2.24) is 31.2 Å². The molecule has 162 valence electrons. The van der Waals surface area contributed by atoms with E-state index in [-0.39, 0.29) is 30.3 Å². The molecule has 3 aliphatic heterocycles. The van der Waals surface area contributed by atoms with E-state index in [2.05, 4.69) is 32.2 Å². The van der Waals surface area contributed by atoms with Gasteiger partial charge in [0.15, 0.2) is 0 Å². The van der Waals surface area contributed by atoms with Gasteiger partial charge in [-0.15, -0.1) is 11.3 Å². The van der Waals surface area contributed by atoms with Crippen LogP contribution < -0.4 is 27.0 Å². The number of likely N-dealkylation sites (tertiary alicyclic amines) is 1. The van der Waals surface area contributed by atoms with Crippen LogP contribution in [0.4, 0.5) is 0 Å². The number of nitrogens with zero attached hydrogens (tertiary/aromatic N) is 2. The molecule has 3 saturated heterocycles. The molecule has 1 aromatic carbocycles. The van der Waals surface area contributed by atoms with E-state index >= 15 is 0 Å². The predicted molar refractivity (Wildman–Crippen MR) is 119 cm³/mol. The van der Waals surface area contributed by atoms with Crippen molar-refractivity contribution in [1.29, 1.82) is 0 Å². The molecule has 5 rings (SSSR count). The Hall–Kier alpha value is -1.62. The van der Waals surface area contributed by atoms with E-state index in [9.17, 15) is 4.79 Å². The van der Waals surface area contributed by atoms with Crippen LogP contribution in [-0.4, -0.2) is 66.5 Å². The molecular weight excluding hydrogens is 398 g/mol. The first-order chi connectivity index (χ1) is 14.7. The summed E-state index contributed by atoms with van der Waals surface area (Å²) in [5.74, 6) is -0.318. The molecule has 9 heteroatoms. The van der Waals surface area contributed by atoms with Crippen molar-refractivity contribution in [2.75, 3.05) is 26.2 Å². The first-order valence-corrected chi connectivity index (χ1v) is 11.9. The highest BCUT2D eigenvalue weighted by Crippen LogP contribution is 2.31. The van der Waals surface area contributed by atoms with Gasteiger partial charge in [-0.1, -0.05) is 12.1 Å². The Balaban J connectivity index is 1.39. The first-order valence-electron chi connectivity index (χ1n) is 11.1. The lowest BCUT2D eigenvalue weighted by atomic mass is 9.99. The average molecular weight is 430 g/mol. The monoisotopic (exact) mass is 429 g/mol. The van der Waals surface area contributed by atoms with Crippen LogP contribution in [0.3, 0.4) is 0 Å². The zero-order valence-corrected chi connectivity index (χ0v) is 18.0. The fourth-order valence-electron chi connectivity index (χ4n) is 4.73. The molecule has 3 fully saturated rings. The quantitative estimate of drug-likeness (QED) is 0.481. The first kappa shape index (κ1) is 20.3. The number of nitrogens with one attached hydrogen (secondary N) is 4. The molecule has 4 heterocycles. The molecule has 6 N–H and O–H groups in total. The third kappa shape index (κ3) is 4.23. The molecule has 8 nitrogen and oxygen atoms in total. The number of para-hydroxylation sites is 1. The van der Waals surface area contributed by atoms with Crippen LogP contribution in [0.1, 0.15) is 36.6 Å². The van der Waals surface area contributed by atoms with Crippen LogP contribution >= 0.6 is 11.3 Å². The Labute approximate surface area is 181 Å². The molecule has 4 atom stereocenters. The number of aromatic nitrogens is 1. The third-order valence-corrected chi connectivity index (χ3v) is 7.58. The number of hydrogen-bond donors (Lipinski definition) is 5. The normalized spacial score (nSPS) is 31.7. The maximum Gasteiger partial charge on any atom is 0.235 e. The Bertz CT molecular complexity index is 842. The molecule has 0 aliphatic carbocycles. The van der Waals surface area contributed by atoms with Crippen molar-refractivity contribution in [3.8, 4) is 0 Å². The van der Waals surface area contributed by atoms with Gasteiger partial charge >= 0.3 is 0 Å². The van der Waals surface area contributed by atoms with Crippen LogP contribution in [0.2, 0.25) is 0 Å². The van der Waals surface area contributed by atoms with Gasteiger partial charge in [0, 0.05) is 31.7 Å². The van der Waals surface area contributed by atoms with Crippen molar-refractivity contribution >= 4 is 27.5 Å². The number of piperidine rings is 2. The van der Waals surface area contributed by atoms with Crippen LogP contribution in [0.5, 0.6) is 0 Å². The van der Waals surface area contributed by atoms with Crippen molar-refractivity contribution in [3.05, 3.63) is 29.3 Å². The van der Waals surface area contributed by atoms with E-state index in [1.807, 2.05) is 18.2 Å². The van der Waals surface area contributed by atoms with Gasteiger partial charge in [0.05, 0.1) is 16.4 Å². The molecule has 3 aliphatic rings. The summed E-state index contributed by atoms with van der Waals surface area (Å²) in [6.07, 6.45) is 3.84. The second-order valence-electron chi connectivity index (χ2n) is 8.64. The van der Waals surface area contributed by atoms with Gasteiger partial charge in [-0.25, -0.2) is 4.98 Å². The summed E-state index contributed by atoms with van der Waals surface area (Å²) in [7, 11) is 0. The SMILES string of the molecule is NC1CCN(C2NC(=O)C(c3nc4ccccc4s3)C(N[C@@H]3CCCNC3)N2)CC1. The molecular formula is C21H31N7OS. The van der Waals surface area contributed by atoms with E-state index in [1.165, 1.54) is 0 Å². The van der Waals surface area contributed by atoms with Crippen LogP contribution in [0.15, 0.2) is 24.3 Å². The summed E-state index contributed by atoms with van der Waals surface area (Å²) in [4.78, 5) is 20.5. The Morgan fingerprint density at radius 1 is 1.20 bits per heavy atom. The van der Waals surface area contributed by atoms with Gasteiger partial charge < -0.3 is 16.4 Å². The number of fused-ring (bicyclic) bond motifs is 1. The highest BCUT2D eigenvalue weighted by molar-refractivity contribution is 7.18. The van der Waals surface area contributed by atoms with Gasteiger partial charge in [0.2, 0.25) is 5.91 Å². The van der Waals surface area contributed by atoms with E-state index in [1.54, 1.807) is 11.3 Å². The molecule has 0 saturated carbocycles. The number of carbonyl (C=O) groups is 1. The number of nitrogens with two attached hydrogens (primary N) is 1. The van der Waals surface area contributed by atoms with Crippen LogP contribution in [-0.2, 0) is 4.79 Å². The standard InChI is InChI=1S/C21H31N7OS/c22-13-7-10-28(11-8-13)21-26-18(24-14-4-3-9-23-12-14)17(19(29)27-21)20-25-15-5-1-2-6-16(15)30-20/h1-2,5-6,13-14,17-18,21,23-24,26H,3-4,7-12,22H2,(H,27,29)/t14-,17?,18?,21?/m1/s1. The number of thiazole rings is 1. The minimum atomic E-state index is -0.354. The lowest BCUT2D eigenvalue weighted by molar-refractivity contribution is -0.130. The van der Waals surface area contributed by atoms with E-state index < -0.39 is 0 Å². The van der Waals surface area contributed by atoms with Crippen molar-refractivity contribution < 1.29 is 4.79 Å². The number of rotatable bonds is 4. The van der Waals surface area contributed by atoms with Gasteiger partial charge in [-0.05, 0) is 44.4 Å².